The molecule has 0 aromatic heterocycles. The van der Waals surface area contributed by atoms with E-state index >= 15 is 0 Å². The molecule has 1 rings (SSSR count). The summed E-state index contributed by atoms with van der Waals surface area (Å²) in [7, 11) is 1.54. The second kappa shape index (κ2) is 4.76. The Labute approximate surface area is 89.6 Å². The van der Waals surface area contributed by atoms with Crippen LogP contribution in [-0.2, 0) is 9.47 Å². The Morgan fingerprint density at radius 1 is 1.33 bits per heavy atom. The number of rotatable bonds is 3. The monoisotopic (exact) mass is 220 g/mol. The minimum absolute atomic E-state index is 0.197. The highest BCUT2D eigenvalue weighted by atomic mass is 16.6. The molecule has 1 aliphatic heterocycles. The zero-order valence-corrected chi connectivity index (χ0v) is 9.38. The first-order chi connectivity index (χ1) is 6.92. The van der Waals surface area contributed by atoms with Crippen LogP contribution in [0.1, 0.15) is 20.3 Å². The molecule has 3 N–H and O–H groups in total. The maximum absolute atomic E-state index is 9.77. The van der Waals surface area contributed by atoms with Gasteiger partial charge in [-0.15, -0.1) is 0 Å². The summed E-state index contributed by atoms with van der Waals surface area (Å²) in [6, 6.07) is 0. The van der Waals surface area contributed by atoms with Crippen molar-refractivity contribution in [3.05, 3.63) is 0 Å². The second-order valence-corrected chi connectivity index (χ2v) is 4.46. The Balaban J connectivity index is 2.73. The van der Waals surface area contributed by atoms with Crippen molar-refractivity contribution in [1.82, 2.24) is 0 Å². The summed E-state index contributed by atoms with van der Waals surface area (Å²) in [4.78, 5) is 0. The van der Waals surface area contributed by atoms with Crippen LogP contribution in [0.4, 0.5) is 0 Å². The molecule has 0 aromatic rings. The van der Waals surface area contributed by atoms with Crippen LogP contribution in [0.5, 0.6) is 0 Å². The molecule has 0 bridgehead atoms. The molecule has 5 nitrogen and oxygen atoms in total. The average molecular weight is 220 g/mol. The standard InChI is InChI=1S/C10H20O5/c1-10(2,14-3)9-7(13)4-6(12)8(5-11)15-9/h6-9,11-13H,4-5H2,1-3H3/t6-,7?,8?,9-/m0/s1. The van der Waals surface area contributed by atoms with Crippen LogP contribution >= 0.6 is 0 Å². The lowest BCUT2D eigenvalue weighted by molar-refractivity contribution is -0.232. The van der Waals surface area contributed by atoms with E-state index in [0.29, 0.717) is 0 Å². The van der Waals surface area contributed by atoms with E-state index < -0.39 is 30.0 Å². The molecule has 0 radical (unpaired) electrons. The fourth-order valence-electron chi connectivity index (χ4n) is 1.80. The molecule has 0 amide bonds. The van der Waals surface area contributed by atoms with E-state index in [1.807, 2.05) is 0 Å². The lowest BCUT2D eigenvalue weighted by Crippen LogP contribution is -2.57. The molecule has 0 aromatic carbocycles. The van der Waals surface area contributed by atoms with Gasteiger partial charge in [0.2, 0.25) is 0 Å². The molecule has 0 aliphatic carbocycles. The lowest BCUT2D eigenvalue weighted by Gasteiger charge is -2.43. The van der Waals surface area contributed by atoms with Gasteiger partial charge in [0, 0.05) is 13.5 Å². The minimum atomic E-state index is -0.825. The molecular formula is C10H20O5. The van der Waals surface area contributed by atoms with Gasteiger partial charge in [0.25, 0.3) is 0 Å². The first-order valence-electron chi connectivity index (χ1n) is 5.10. The third kappa shape index (κ3) is 2.68. The third-order valence-corrected chi connectivity index (χ3v) is 2.97. The molecule has 1 aliphatic rings. The zero-order chi connectivity index (χ0) is 11.6. The van der Waals surface area contributed by atoms with Crippen molar-refractivity contribution < 1.29 is 24.8 Å². The van der Waals surface area contributed by atoms with Crippen molar-refractivity contribution in [3.8, 4) is 0 Å². The van der Waals surface area contributed by atoms with Crippen molar-refractivity contribution in [1.29, 1.82) is 0 Å². The minimum Gasteiger partial charge on any atom is -0.394 e. The summed E-state index contributed by atoms with van der Waals surface area (Å²) in [5.41, 5.74) is -0.646. The van der Waals surface area contributed by atoms with E-state index in [1.54, 1.807) is 13.8 Å². The van der Waals surface area contributed by atoms with Crippen molar-refractivity contribution in [3.63, 3.8) is 0 Å². The van der Waals surface area contributed by atoms with E-state index in [9.17, 15) is 10.2 Å². The van der Waals surface area contributed by atoms with Gasteiger partial charge in [-0.05, 0) is 13.8 Å². The van der Waals surface area contributed by atoms with Crippen LogP contribution in [0.15, 0.2) is 0 Å². The quantitative estimate of drug-likeness (QED) is 0.585. The third-order valence-electron chi connectivity index (χ3n) is 2.97. The van der Waals surface area contributed by atoms with Crippen LogP contribution in [0.3, 0.4) is 0 Å². The fourth-order valence-corrected chi connectivity index (χ4v) is 1.80. The Kier molecular flexibility index (Phi) is 4.08. The normalized spacial score (nSPS) is 38.0. The predicted molar refractivity (Wildman–Crippen MR) is 53.5 cm³/mol. The van der Waals surface area contributed by atoms with Gasteiger partial charge in [0.05, 0.1) is 24.4 Å². The van der Waals surface area contributed by atoms with E-state index in [1.165, 1.54) is 7.11 Å². The molecule has 2 unspecified atom stereocenters. The number of methoxy groups -OCH3 is 1. The van der Waals surface area contributed by atoms with E-state index in [-0.39, 0.29) is 13.0 Å². The first kappa shape index (κ1) is 12.9. The summed E-state index contributed by atoms with van der Waals surface area (Å²) in [6.07, 6.45) is -2.59. The smallest absolute Gasteiger partial charge is 0.112 e. The van der Waals surface area contributed by atoms with E-state index in [0.717, 1.165) is 0 Å². The topological polar surface area (TPSA) is 79.2 Å². The van der Waals surface area contributed by atoms with Crippen LogP contribution in [0.25, 0.3) is 0 Å². The largest absolute Gasteiger partial charge is 0.394 e. The Morgan fingerprint density at radius 2 is 1.93 bits per heavy atom. The number of ether oxygens (including phenoxy) is 2. The van der Waals surface area contributed by atoms with Crippen molar-refractivity contribution in [2.24, 2.45) is 0 Å². The van der Waals surface area contributed by atoms with E-state index in [4.69, 9.17) is 14.6 Å². The highest BCUT2D eigenvalue weighted by molar-refractivity contribution is 4.93. The zero-order valence-electron chi connectivity index (χ0n) is 9.38. The Hall–Kier alpha value is -0.200. The molecule has 1 heterocycles. The van der Waals surface area contributed by atoms with Gasteiger partial charge in [-0.2, -0.15) is 0 Å². The molecule has 1 fully saturated rings. The SMILES string of the molecule is COC(C)(C)[C@H]1OC(CO)[C@@H](O)CC1O. The number of hydrogen-bond donors (Lipinski definition) is 3. The Bertz CT molecular complexity index is 206. The second-order valence-electron chi connectivity index (χ2n) is 4.46. The summed E-state index contributed by atoms with van der Waals surface area (Å²) >= 11 is 0. The fraction of sp³-hybridized carbons (Fsp3) is 1.00. The van der Waals surface area contributed by atoms with Gasteiger partial charge >= 0.3 is 0 Å². The molecular weight excluding hydrogens is 200 g/mol. The molecule has 15 heavy (non-hydrogen) atoms. The van der Waals surface area contributed by atoms with Crippen molar-refractivity contribution >= 4 is 0 Å². The molecule has 1 saturated heterocycles. The van der Waals surface area contributed by atoms with Crippen LogP contribution < -0.4 is 0 Å². The summed E-state index contributed by atoms with van der Waals surface area (Å²) in [6.45, 7) is 3.34. The highest BCUT2D eigenvalue weighted by Gasteiger charge is 2.44. The van der Waals surface area contributed by atoms with Crippen LogP contribution in [0.2, 0.25) is 0 Å². The summed E-state index contributed by atoms with van der Waals surface area (Å²) in [5.74, 6) is 0. The molecule has 5 heteroatoms. The lowest BCUT2D eigenvalue weighted by atomic mass is 9.89. The molecule has 0 saturated carbocycles. The maximum atomic E-state index is 9.77. The first-order valence-corrected chi connectivity index (χ1v) is 5.10. The predicted octanol–water partition coefficient (Wildman–Crippen LogP) is -0.717. The van der Waals surface area contributed by atoms with Crippen molar-refractivity contribution in [2.75, 3.05) is 13.7 Å². The van der Waals surface area contributed by atoms with Crippen LogP contribution in [-0.4, -0.2) is 59.1 Å². The summed E-state index contributed by atoms with van der Waals surface area (Å²) in [5, 5.41) is 28.3. The van der Waals surface area contributed by atoms with Gasteiger partial charge in [-0.3, -0.25) is 0 Å². The maximum Gasteiger partial charge on any atom is 0.112 e. The van der Waals surface area contributed by atoms with Gasteiger partial charge < -0.3 is 24.8 Å². The highest BCUT2D eigenvalue weighted by Crippen LogP contribution is 2.29. The average Bonchev–Trinajstić information content (AvgIpc) is 2.17. The molecule has 0 spiro atoms. The number of hydrogen-bond acceptors (Lipinski definition) is 5. The van der Waals surface area contributed by atoms with Gasteiger partial charge in [-0.1, -0.05) is 0 Å². The molecule has 90 valence electrons. The van der Waals surface area contributed by atoms with Gasteiger partial charge in [0.1, 0.15) is 12.2 Å². The van der Waals surface area contributed by atoms with Crippen molar-refractivity contribution in [2.45, 2.75) is 50.3 Å². The number of aliphatic hydroxyl groups excluding tert-OH is 3. The van der Waals surface area contributed by atoms with Gasteiger partial charge in [-0.25, -0.2) is 0 Å². The van der Waals surface area contributed by atoms with E-state index in [2.05, 4.69) is 0 Å². The number of aliphatic hydroxyl groups is 3. The summed E-state index contributed by atoms with van der Waals surface area (Å²) < 4.78 is 10.7. The molecule has 4 atom stereocenters. The van der Waals surface area contributed by atoms with Gasteiger partial charge in [0.15, 0.2) is 0 Å². The van der Waals surface area contributed by atoms with Crippen LogP contribution in [0, 0.1) is 0 Å². The Morgan fingerprint density at radius 3 is 2.40 bits per heavy atom.